The van der Waals surface area contributed by atoms with E-state index in [0.29, 0.717) is 18.2 Å². The third-order valence-corrected chi connectivity index (χ3v) is 3.79. The molecule has 1 amide bonds. The lowest BCUT2D eigenvalue weighted by molar-refractivity contribution is -0.139. The van der Waals surface area contributed by atoms with Crippen molar-refractivity contribution in [3.05, 3.63) is 11.6 Å². The number of carbonyl (C=O) groups is 2. The number of carboxylic acids is 1. The van der Waals surface area contributed by atoms with Gasteiger partial charge in [-0.3, -0.25) is 0 Å². The Morgan fingerprint density at radius 1 is 1.43 bits per heavy atom. The summed E-state index contributed by atoms with van der Waals surface area (Å²) in [4.78, 5) is 30.8. The molecule has 21 heavy (non-hydrogen) atoms. The van der Waals surface area contributed by atoms with Crippen molar-refractivity contribution >= 4 is 28.5 Å². The van der Waals surface area contributed by atoms with Gasteiger partial charge in [0.05, 0.1) is 6.54 Å². The zero-order chi connectivity index (χ0) is 15.6. The van der Waals surface area contributed by atoms with Crippen molar-refractivity contribution in [1.82, 2.24) is 9.88 Å². The molecule has 0 bridgehead atoms. The molecule has 1 N–H and O–H groups in total. The summed E-state index contributed by atoms with van der Waals surface area (Å²) in [5.41, 5.74) is -0.595. The van der Waals surface area contributed by atoms with Crippen LogP contribution in [0.4, 0.5) is 9.93 Å². The first-order valence-electron chi connectivity index (χ1n) is 6.65. The summed E-state index contributed by atoms with van der Waals surface area (Å²) < 4.78 is 5.29. The Morgan fingerprint density at radius 3 is 2.67 bits per heavy atom. The number of anilines is 1. The molecule has 1 aromatic rings. The topological polar surface area (TPSA) is 83.0 Å². The van der Waals surface area contributed by atoms with Crippen LogP contribution in [0.5, 0.6) is 0 Å². The Kier molecular flexibility index (Phi) is 4.36. The van der Waals surface area contributed by atoms with Crippen molar-refractivity contribution in [2.45, 2.75) is 32.4 Å². The van der Waals surface area contributed by atoms with Crippen LogP contribution in [0, 0.1) is 0 Å². The summed E-state index contributed by atoms with van der Waals surface area (Å²) in [7, 11) is 0. The van der Waals surface area contributed by atoms with Crippen LogP contribution in [0.25, 0.3) is 0 Å². The number of rotatable bonds is 2. The highest BCUT2D eigenvalue weighted by atomic mass is 32.1. The maximum absolute atomic E-state index is 12.1. The zero-order valence-electron chi connectivity index (χ0n) is 12.3. The Hall–Kier alpha value is -1.83. The van der Waals surface area contributed by atoms with Gasteiger partial charge in [0.25, 0.3) is 0 Å². The molecule has 7 nitrogen and oxygen atoms in total. The molecule has 1 saturated heterocycles. The fraction of sp³-hybridized carbons (Fsp3) is 0.615. The number of carboxylic acid groups (broad SMARTS) is 1. The molecule has 1 fully saturated rings. The molecule has 1 unspecified atom stereocenters. The molecule has 0 aliphatic carbocycles. The van der Waals surface area contributed by atoms with Crippen molar-refractivity contribution in [1.29, 1.82) is 0 Å². The minimum Gasteiger partial charge on any atom is -0.480 e. The molecule has 116 valence electrons. The van der Waals surface area contributed by atoms with Crippen LogP contribution in [0.1, 0.15) is 20.8 Å². The average molecular weight is 313 g/mol. The fourth-order valence-corrected chi connectivity index (χ4v) is 2.79. The summed E-state index contributed by atoms with van der Waals surface area (Å²) in [6.07, 6.45) is 1.16. The predicted molar refractivity (Wildman–Crippen MR) is 78.7 cm³/mol. The number of aromatic nitrogens is 1. The molecular formula is C13H19N3O4S. The van der Waals surface area contributed by atoms with E-state index in [9.17, 15) is 14.7 Å². The second-order valence-electron chi connectivity index (χ2n) is 5.79. The second kappa shape index (κ2) is 5.88. The number of hydrogen-bond acceptors (Lipinski definition) is 6. The third-order valence-electron chi connectivity index (χ3n) is 2.98. The Morgan fingerprint density at radius 2 is 2.14 bits per heavy atom. The largest absolute Gasteiger partial charge is 0.480 e. The Labute approximate surface area is 127 Å². The predicted octanol–water partition coefficient (Wildman–Crippen LogP) is 1.65. The van der Waals surface area contributed by atoms with Crippen LogP contribution >= 0.6 is 11.3 Å². The molecule has 0 radical (unpaired) electrons. The van der Waals surface area contributed by atoms with Crippen molar-refractivity contribution in [3.8, 4) is 0 Å². The van der Waals surface area contributed by atoms with Crippen LogP contribution in [-0.4, -0.2) is 58.3 Å². The lowest BCUT2D eigenvalue weighted by atomic mass is 10.2. The van der Waals surface area contributed by atoms with Gasteiger partial charge in [0, 0.05) is 24.7 Å². The normalized spacial score (nSPS) is 19.5. The summed E-state index contributed by atoms with van der Waals surface area (Å²) >= 11 is 1.39. The van der Waals surface area contributed by atoms with E-state index in [2.05, 4.69) is 4.98 Å². The molecule has 1 aliphatic heterocycles. The van der Waals surface area contributed by atoms with E-state index in [-0.39, 0.29) is 6.54 Å². The Bertz CT molecular complexity index is 512. The number of thiazole rings is 1. The van der Waals surface area contributed by atoms with E-state index in [1.807, 2.05) is 0 Å². The lowest BCUT2D eigenvalue weighted by Gasteiger charge is -2.39. The van der Waals surface area contributed by atoms with Gasteiger partial charge in [-0.05, 0) is 20.8 Å². The zero-order valence-corrected chi connectivity index (χ0v) is 13.1. The highest BCUT2D eigenvalue weighted by Gasteiger charge is 2.36. The monoisotopic (exact) mass is 313 g/mol. The molecule has 2 heterocycles. The molecular weight excluding hydrogens is 294 g/mol. The number of carbonyl (C=O) groups excluding carboxylic acids is 1. The second-order valence-corrected chi connectivity index (χ2v) is 6.66. The summed E-state index contributed by atoms with van der Waals surface area (Å²) in [6.45, 7) is 6.27. The third kappa shape index (κ3) is 3.84. The molecule has 0 saturated carbocycles. The number of piperazine rings is 1. The minimum absolute atomic E-state index is 0.0871. The molecule has 2 rings (SSSR count). The summed E-state index contributed by atoms with van der Waals surface area (Å²) in [5, 5.41) is 11.9. The van der Waals surface area contributed by atoms with Gasteiger partial charge in [0.15, 0.2) is 5.13 Å². The lowest BCUT2D eigenvalue weighted by Crippen LogP contribution is -2.58. The smallest absolute Gasteiger partial charge is 0.410 e. The van der Waals surface area contributed by atoms with E-state index in [1.165, 1.54) is 16.2 Å². The first-order chi connectivity index (χ1) is 9.78. The molecule has 8 heteroatoms. The number of nitrogens with zero attached hydrogens (tertiary/aromatic N) is 3. The van der Waals surface area contributed by atoms with Gasteiger partial charge in [-0.15, -0.1) is 11.3 Å². The van der Waals surface area contributed by atoms with Crippen LogP contribution in [0.15, 0.2) is 11.6 Å². The Balaban J connectivity index is 2.09. The van der Waals surface area contributed by atoms with Crippen molar-refractivity contribution in [2.75, 3.05) is 24.5 Å². The van der Waals surface area contributed by atoms with Crippen LogP contribution in [0.3, 0.4) is 0 Å². The van der Waals surface area contributed by atoms with Gasteiger partial charge >= 0.3 is 12.1 Å². The summed E-state index contributed by atoms with van der Waals surface area (Å²) in [6, 6.07) is -0.808. The standard InChI is InChI=1S/C13H19N3O4S/c1-13(2,3)20-12(19)15-5-6-16(9(8-15)10(17)18)11-14-4-7-21-11/h4,7,9H,5-6,8H2,1-3H3,(H,17,18). The number of amides is 1. The van der Waals surface area contributed by atoms with Crippen LogP contribution in [-0.2, 0) is 9.53 Å². The van der Waals surface area contributed by atoms with E-state index < -0.39 is 23.7 Å². The van der Waals surface area contributed by atoms with Gasteiger partial charge in [-0.2, -0.15) is 0 Å². The molecule has 1 aromatic heterocycles. The first kappa shape index (κ1) is 15.6. The molecule has 1 aliphatic rings. The minimum atomic E-state index is -0.974. The molecule has 0 aromatic carbocycles. The van der Waals surface area contributed by atoms with Gasteiger partial charge in [-0.1, -0.05) is 0 Å². The summed E-state index contributed by atoms with van der Waals surface area (Å²) in [5.74, 6) is -0.974. The fourth-order valence-electron chi connectivity index (χ4n) is 2.07. The highest BCUT2D eigenvalue weighted by molar-refractivity contribution is 7.13. The van der Waals surface area contributed by atoms with E-state index >= 15 is 0 Å². The van der Waals surface area contributed by atoms with E-state index in [1.54, 1.807) is 37.2 Å². The van der Waals surface area contributed by atoms with Crippen LogP contribution in [0.2, 0.25) is 0 Å². The first-order valence-corrected chi connectivity index (χ1v) is 7.53. The van der Waals surface area contributed by atoms with Crippen molar-refractivity contribution < 1.29 is 19.4 Å². The quantitative estimate of drug-likeness (QED) is 0.894. The van der Waals surface area contributed by atoms with Crippen LogP contribution < -0.4 is 4.90 Å². The van der Waals surface area contributed by atoms with E-state index in [4.69, 9.17) is 4.74 Å². The van der Waals surface area contributed by atoms with E-state index in [0.717, 1.165) is 0 Å². The van der Waals surface area contributed by atoms with Gasteiger partial charge < -0.3 is 19.6 Å². The highest BCUT2D eigenvalue weighted by Crippen LogP contribution is 2.24. The van der Waals surface area contributed by atoms with Gasteiger partial charge in [0.1, 0.15) is 11.6 Å². The molecule has 1 atom stereocenters. The maximum Gasteiger partial charge on any atom is 0.410 e. The van der Waals surface area contributed by atoms with Gasteiger partial charge in [0.2, 0.25) is 0 Å². The SMILES string of the molecule is CC(C)(C)OC(=O)N1CCN(c2nccs2)C(C(=O)O)C1. The average Bonchev–Trinajstić information content (AvgIpc) is 2.89. The number of hydrogen-bond donors (Lipinski definition) is 1. The van der Waals surface area contributed by atoms with Crippen molar-refractivity contribution in [3.63, 3.8) is 0 Å². The number of aliphatic carboxylic acids is 1. The molecule has 0 spiro atoms. The number of ether oxygens (including phenoxy) is 1. The maximum atomic E-state index is 12.1. The van der Waals surface area contributed by atoms with Gasteiger partial charge in [-0.25, -0.2) is 14.6 Å². The van der Waals surface area contributed by atoms with Crippen molar-refractivity contribution in [2.24, 2.45) is 0 Å².